The smallest absolute Gasteiger partial charge is 0.287 e. The molecule has 2 saturated heterocycles. The monoisotopic (exact) mass is 374 g/mol. The minimum atomic E-state index is -0.195. The summed E-state index contributed by atoms with van der Waals surface area (Å²) in [5, 5.41) is 2.96. The lowest BCUT2D eigenvalue weighted by molar-refractivity contribution is 0.0676. The first-order valence-corrected chi connectivity index (χ1v) is 10.4. The molecule has 148 valence electrons. The molecule has 7 nitrogen and oxygen atoms in total. The second-order valence-electron chi connectivity index (χ2n) is 8.18. The van der Waals surface area contributed by atoms with Crippen LogP contribution in [0.4, 0.5) is 0 Å². The van der Waals surface area contributed by atoms with Crippen LogP contribution in [0.5, 0.6) is 0 Å². The summed E-state index contributed by atoms with van der Waals surface area (Å²) < 4.78 is 7.55. The van der Waals surface area contributed by atoms with Crippen LogP contribution in [-0.2, 0) is 17.7 Å². The highest BCUT2D eigenvalue weighted by Crippen LogP contribution is 2.24. The van der Waals surface area contributed by atoms with Gasteiger partial charge in [-0.25, -0.2) is 4.98 Å². The topological polar surface area (TPSA) is 76.5 Å². The van der Waals surface area contributed by atoms with E-state index < -0.39 is 0 Å². The Hall–Kier alpha value is -1.89. The summed E-state index contributed by atoms with van der Waals surface area (Å²) in [6.07, 6.45) is 7.21. The number of hydrogen-bond donors (Lipinski definition) is 1. The van der Waals surface area contributed by atoms with Gasteiger partial charge < -0.3 is 19.5 Å². The number of likely N-dealkylation sites (tertiary alicyclic amines) is 1. The Morgan fingerprint density at radius 3 is 2.85 bits per heavy atom. The van der Waals surface area contributed by atoms with Crippen LogP contribution in [0, 0.1) is 5.92 Å². The van der Waals surface area contributed by atoms with E-state index in [0.29, 0.717) is 24.0 Å². The Labute approximate surface area is 160 Å². The van der Waals surface area contributed by atoms with Crippen molar-refractivity contribution in [2.75, 3.05) is 26.2 Å². The fraction of sp³-hybridized carbons (Fsp3) is 0.750. The zero-order chi connectivity index (χ0) is 18.8. The Bertz CT molecular complexity index is 708. The number of nitrogens with one attached hydrogen (secondary N) is 1. The molecule has 2 amide bonds. The molecule has 2 fully saturated rings. The summed E-state index contributed by atoms with van der Waals surface area (Å²) in [6.45, 7) is 5.79. The van der Waals surface area contributed by atoms with Gasteiger partial charge in [0, 0.05) is 32.8 Å². The van der Waals surface area contributed by atoms with Crippen molar-refractivity contribution in [3.63, 3.8) is 0 Å². The fourth-order valence-corrected chi connectivity index (χ4v) is 4.50. The van der Waals surface area contributed by atoms with Crippen molar-refractivity contribution >= 4 is 11.8 Å². The molecule has 1 N–H and O–H groups in total. The molecule has 2 atom stereocenters. The number of carbonyl (C=O) groups is 2. The van der Waals surface area contributed by atoms with Crippen LogP contribution < -0.4 is 5.32 Å². The number of rotatable bonds is 4. The maximum atomic E-state index is 13.1. The van der Waals surface area contributed by atoms with Gasteiger partial charge in [-0.05, 0) is 50.9 Å². The summed E-state index contributed by atoms with van der Waals surface area (Å²) in [6, 6.07) is 0. The average Bonchev–Trinajstić information content (AvgIpc) is 3.33. The van der Waals surface area contributed by atoms with Crippen LogP contribution in [0.1, 0.15) is 72.3 Å². The van der Waals surface area contributed by atoms with Crippen molar-refractivity contribution < 1.29 is 14.3 Å². The van der Waals surface area contributed by atoms with Gasteiger partial charge in [0.25, 0.3) is 11.8 Å². The molecule has 3 aliphatic rings. The first-order chi connectivity index (χ1) is 13.1. The third-order valence-corrected chi connectivity index (χ3v) is 5.98. The zero-order valence-corrected chi connectivity index (χ0v) is 16.2. The molecule has 2 unspecified atom stereocenters. The van der Waals surface area contributed by atoms with Crippen molar-refractivity contribution in [2.24, 2.45) is 5.92 Å². The van der Waals surface area contributed by atoms with Gasteiger partial charge in [0.2, 0.25) is 0 Å². The number of piperidine rings is 1. The predicted octanol–water partition coefficient (Wildman–Crippen LogP) is 2.00. The van der Waals surface area contributed by atoms with Crippen LogP contribution in [0.3, 0.4) is 0 Å². The SMILES string of the molecule is CC1CCCN(C(=O)c2nc(C(=O)NCC3CCCO3)n3c2CCCC3)C1. The molecule has 1 aromatic rings. The maximum Gasteiger partial charge on any atom is 0.287 e. The third-order valence-electron chi connectivity index (χ3n) is 5.98. The van der Waals surface area contributed by atoms with Crippen LogP contribution >= 0.6 is 0 Å². The van der Waals surface area contributed by atoms with Gasteiger partial charge in [0.15, 0.2) is 5.82 Å². The first-order valence-electron chi connectivity index (χ1n) is 10.4. The van der Waals surface area contributed by atoms with E-state index in [4.69, 9.17) is 4.74 Å². The molecule has 4 heterocycles. The van der Waals surface area contributed by atoms with Crippen molar-refractivity contribution in [1.82, 2.24) is 19.8 Å². The minimum Gasteiger partial charge on any atom is -0.376 e. The summed E-state index contributed by atoms with van der Waals surface area (Å²) in [5.74, 6) is 0.705. The minimum absolute atomic E-state index is 0.00891. The van der Waals surface area contributed by atoms with Gasteiger partial charge in [-0.2, -0.15) is 0 Å². The number of fused-ring (bicyclic) bond motifs is 1. The van der Waals surface area contributed by atoms with E-state index in [-0.39, 0.29) is 17.9 Å². The lowest BCUT2D eigenvalue weighted by Crippen LogP contribution is -2.39. The lowest BCUT2D eigenvalue weighted by Gasteiger charge is -2.30. The van der Waals surface area contributed by atoms with Gasteiger partial charge in [0.1, 0.15) is 5.69 Å². The molecule has 0 radical (unpaired) electrons. The fourth-order valence-electron chi connectivity index (χ4n) is 4.50. The van der Waals surface area contributed by atoms with Crippen LogP contribution in [0.2, 0.25) is 0 Å². The number of ether oxygens (including phenoxy) is 1. The molecule has 1 aromatic heterocycles. The van der Waals surface area contributed by atoms with E-state index in [0.717, 1.165) is 70.5 Å². The number of nitrogens with zero attached hydrogens (tertiary/aromatic N) is 3. The van der Waals surface area contributed by atoms with Crippen LogP contribution in [-0.4, -0.2) is 58.6 Å². The molecule has 7 heteroatoms. The van der Waals surface area contributed by atoms with Gasteiger partial charge in [0.05, 0.1) is 11.8 Å². The normalized spacial score (nSPS) is 25.3. The molecule has 3 aliphatic heterocycles. The molecular formula is C20H30N4O3. The van der Waals surface area contributed by atoms with E-state index in [1.54, 1.807) is 0 Å². The Kier molecular flexibility index (Phi) is 5.48. The molecule has 0 bridgehead atoms. The van der Waals surface area contributed by atoms with E-state index >= 15 is 0 Å². The first kappa shape index (κ1) is 18.5. The number of carbonyl (C=O) groups excluding carboxylic acids is 2. The molecule has 27 heavy (non-hydrogen) atoms. The van der Waals surface area contributed by atoms with Gasteiger partial charge >= 0.3 is 0 Å². The summed E-state index contributed by atoms with van der Waals surface area (Å²) in [7, 11) is 0. The standard InChI is InChI=1S/C20H30N4O3/c1-14-6-4-9-23(13-14)20(26)17-16-8-2-3-10-24(16)18(22-17)19(25)21-12-15-7-5-11-27-15/h14-15H,2-13H2,1H3,(H,21,25). The van der Waals surface area contributed by atoms with Crippen molar-refractivity contribution in [2.45, 2.75) is 64.5 Å². The second-order valence-corrected chi connectivity index (χ2v) is 8.18. The van der Waals surface area contributed by atoms with Crippen molar-refractivity contribution in [1.29, 1.82) is 0 Å². The third kappa shape index (κ3) is 3.88. The molecular weight excluding hydrogens is 344 g/mol. The van der Waals surface area contributed by atoms with Crippen LogP contribution in [0.25, 0.3) is 0 Å². The Morgan fingerprint density at radius 1 is 1.19 bits per heavy atom. The molecule has 4 rings (SSSR count). The number of hydrogen-bond acceptors (Lipinski definition) is 4. The van der Waals surface area contributed by atoms with Gasteiger partial charge in [-0.15, -0.1) is 0 Å². The highest BCUT2D eigenvalue weighted by molar-refractivity contribution is 5.97. The maximum absolute atomic E-state index is 13.1. The van der Waals surface area contributed by atoms with Crippen molar-refractivity contribution in [3.8, 4) is 0 Å². The Balaban J connectivity index is 1.53. The van der Waals surface area contributed by atoms with E-state index in [9.17, 15) is 9.59 Å². The highest BCUT2D eigenvalue weighted by atomic mass is 16.5. The largest absolute Gasteiger partial charge is 0.376 e. The zero-order valence-electron chi connectivity index (χ0n) is 16.2. The van der Waals surface area contributed by atoms with Crippen LogP contribution in [0.15, 0.2) is 0 Å². The summed E-state index contributed by atoms with van der Waals surface area (Å²) in [4.78, 5) is 32.4. The quantitative estimate of drug-likeness (QED) is 0.875. The van der Waals surface area contributed by atoms with E-state index in [1.165, 1.54) is 6.42 Å². The van der Waals surface area contributed by atoms with Crippen molar-refractivity contribution in [3.05, 3.63) is 17.2 Å². The number of amides is 2. The molecule has 0 aliphatic carbocycles. The predicted molar refractivity (Wildman–Crippen MR) is 101 cm³/mol. The molecule has 0 saturated carbocycles. The summed E-state index contributed by atoms with van der Waals surface area (Å²) in [5.41, 5.74) is 1.43. The molecule has 0 aromatic carbocycles. The highest BCUT2D eigenvalue weighted by Gasteiger charge is 2.31. The van der Waals surface area contributed by atoms with Gasteiger partial charge in [-0.3, -0.25) is 9.59 Å². The van der Waals surface area contributed by atoms with E-state index in [1.807, 2.05) is 9.47 Å². The lowest BCUT2D eigenvalue weighted by atomic mass is 9.99. The second kappa shape index (κ2) is 8.00. The van der Waals surface area contributed by atoms with Gasteiger partial charge in [-0.1, -0.05) is 6.92 Å². The Morgan fingerprint density at radius 2 is 2.07 bits per heavy atom. The average molecular weight is 374 g/mol. The summed E-state index contributed by atoms with van der Waals surface area (Å²) >= 11 is 0. The number of aromatic nitrogens is 2. The van der Waals surface area contributed by atoms with E-state index in [2.05, 4.69) is 17.2 Å². The molecule has 0 spiro atoms. The number of imidazole rings is 1.